The third-order valence-corrected chi connectivity index (χ3v) is 6.02. The molecule has 3 heteroatoms. The molecule has 0 radical (unpaired) electrons. The smallest absolute Gasteiger partial charge is 0.158 e. The van der Waals surface area contributed by atoms with Gasteiger partial charge in [0.25, 0.3) is 0 Å². The highest BCUT2D eigenvalue weighted by Gasteiger charge is 2.20. The van der Waals surface area contributed by atoms with Crippen molar-refractivity contribution in [3.63, 3.8) is 0 Å². The van der Waals surface area contributed by atoms with E-state index in [-0.39, 0.29) is 11.1 Å². The van der Waals surface area contributed by atoms with Crippen molar-refractivity contribution in [3.8, 4) is 56.6 Å². The Kier molecular flexibility index (Phi) is 5.91. The Morgan fingerprint density at radius 3 is 1.26 bits per heavy atom. The fourth-order valence-electron chi connectivity index (χ4n) is 4.37. The lowest BCUT2D eigenvalue weighted by atomic mass is 9.84. The van der Waals surface area contributed by atoms with Crippen LogP contribution in [-0.4, -0.2) is 0 Å². The van der Waals surface area contributed by atoms with Gasteiger partial charge in [-0.3, -0.25) is 0 Å². The molecule has 0 aliphatic heterocycles. The Morgan fingerprint density at radius 1 is 0.457 bits per heavy atom. The second-order valence-electron chi connectivity index (χ2n) is 8.15. The molecule has 5 aromatic rings. The van der Waals surface area contributed by atoms with E-state index in [1.54, 1.807) is 0 Å². The van der Waals surface area contributed by atoms with Crippen molar-refractivity contribution < 1.29 is 4.39 Å². The average molecular weight is 451 g/mol. The predicted molar refractivity (Wildman–Crippen MR) is 138 cm³/mol. The molecule has 2 nitrogen and oxygen atoms in total. The Hall–Kier alpha value is -4.99. The van der Waals surface area contributed by atoms with E-state index in [1.807, 2.05) is 91.0 Å². The van der Waals surface area contributed by atoms with Crippen molar-refractivity contribution in [1.82, 2.24) is 0 Å². The third-order valence-electron chi connectivity index (χ3n) is 6.02. The zero-order valence-electron chi connectivity index (χ0n) is 18.7. The molecule has 164 valence electrons. The second kappa shape index (κ2) is 9.48. The summed E-state index contributed by atoms with van der Waals surface area (Å²) in [5.41, 5.74) is 7.12. The Morgan fingerprint density at radius 2 is 0.857 bits per heavy atom. The highest BCUT2D eigenvalue weighted by atomic mass is 19.1. The summed E-state index contributed by atoms with van der Waals surface area (Å²) >= 11 is 0. The number of rotatable bonds is 4. The van der Waals surface area contributed by atoms with E-state index >= 15 is 0 Å². The molecular formula is C32H19FN2. The normalized spacial score (nSPS) is 10.4. The maximum absolute atomic E-state index is 14.7. The summed E-state index contributed by atoms with van der Waals surface area (Å²) in [5, 5.41) is 19.2. The van der Waals surface area contributed by atoms with Crippen LogP contribution in [0.3, 0.4) is 0 Å². The largest absolute Gasteiger partial charge is 0.204 e. The first kappa shape index (κ1) is 21.8. The zero-order valence-corrected chi connectivity index (χ0v) is 18.7. The van der Waals surface area contributed by atoms with Gasteiger partial charge in [0.15, 0.2) is 5.82 Å². The fourth-order valence-corrected chi connectivity index (χ4v) is 4.37. The van der Waals surface area contributed by atoms with Gasteiger partial charge in [0.1, 0.15) is 12.1 Å². The van der Waals surface area contributed by atoms with Crippen molar-refractivity contribution in [2.75, 3.05) is 0 Å². The maximum atomic E-state index is 14.7. The fraction of sp³-hybridized carbons (Fsp3) is 0. The molecule has 0 fully saturated rings. The van der Waals surface area contributed by atoms with Crippen LogP contribution in [0.5, 0.6) is 0 Å². The van der Waals surface area contributed by atoms with E-state index in [1.165, 1.54) is 12.1 Å². The number of halogens is 1. The summed E-state index contributed by atoms with van der Waals surface area (Å²) in [6, 6.07) is 41.2. The molecule has 0 N–H and O–H groups in total. The molecule has 5 rings (SSSR count). The number of benzene rings is 5. The van der Waals surface area contributed by atoms with Gasteiger partial charge in [-0.15, -0.1) is 0 Å². The van der Waals surface area contributed by atoms with Gasteiger partial charge < -0.3 is 0 Å². The number of hydrogen-bond donors (Lipinski definition) is 0. The minimum Gasteiger partial charge on any atom is -0.204 e. The van der Waals surface area contributed by atoms with Gasteiger partial charge in [0.2, 0.25) is 0 Å². The van der Waals surface area contributed by atoms with Gasteiger partial charge in [-0.1, -0.05) is 91.0 Å². The number of nitriles is 2. The molecule has 0 saturated carbocycles. The van der Waals surface area contributed by atoms with Crippen LogP contribution in [0.4, 0.5) is 4.39 Å². The molecule has 0 amide bonds. The van der Waals surface area contributed by atoms with Crippen LogP contribution in [0, 0.1) is 28.5 Å². The molecule has 0 heterocycles. The average Bonchev–Trinajstić information content (AvgIpc) is 2.94. The van der Waals surface area contributed by atoms with Gasteiger partial charge in [0.05, 0.1) is 11.1 Å². The minimum atomic E-state index is -0.790. The van der Waals surface area contributed by atoms with Crippen LogP contribution in [-0.2, 0) is 0 Å². The number of hydrogen-bond acceptors (Lipinski definition) is 2. The van der Waals surface area contributed by atoms with E-state index in [2.05, 4.69) is 24.3 Å². The van der Waals surface area contributed by atoms with E-state index < -0.39 is 5.82 Å². The quantitative estimate of drug-likeness (QED) is 0.277. The Balaban J connectivity index is 1.93. The summed E-state index contributed by atoms with van der Waals surface area (Å²) in [6.07, 6.45) is 0. The summed E-state index contributed by atoms with van der Waals surface area (Å²) < 4.78 is 14.7. The molecule has 0 atom stereocenters. The van der Waals surface area contributed by atoms with Crippen LogP contribution < -0.4 is 0 Å². The summed E-state index contributed by atoms with van der Waals surface area (Å²) in [7, 11) is 0. The van der Waals surface area contributed by atoms with Crippen LogP contribution in [0.15, 0.2) is 115 Å². The zero-order chi connectivity index (χ0) is 24.2. The van der Waals surface area contributed by atoms with Gasteiger partial charge >= 0.3 is 0 Å². The monoisotopic (exact) mass is 450 g/mol. The molecule has 0 aliphatic carbocycles. The SMILES string of the molecule is N#Cc1cc(-c2c(-c3ccccc3)cc(-c3ccccc3)cc2-c2ccccc2)cc(C#N)c1F. The molecular weight excluding hydrogens is 431 g/mol. The molecule has 0 aromatic heterocycles. The van der Waals surface area contributed by atoms with Crippen LogP contribution in [0.1, 0.15) is 11.1 Å². The van der Waals surface area contributed by atoms with E-state index in [0.29, 0.717) is 5.56 Å². The van der Waals surface area contributed by atoms with Crippen LogP contribution in [0.2, 0.25) is 0 Å². The first-order chi connectivity index (χ1) is 17.2. The number of nitrogens with zero attached hydrogens (tertiary/aromatic N) is 2. The van der Waals surface area contributed by atoms with Crippen molar-refractivity contribution in [1.29, 1.82) is 10.5 Å². The van der Waals surface area contributed by atoms with Gasteiger partial charge in [0, 0.05) is 0 Å². The molecule has 5 aromatic carbocycles. The van der Waals surface area contributed by atoms with E-state index in [4.69, 9.17) is 0 Å². The lowest BCUT2D eigenvalue weighted by molar-refractivity contribution is 0.620. The highest BCUT2D eigenvalue weighted by molar-refractivity contribution is 5.98. The summed E-state index contributed by atoms with van der Waals surface area (Å²) in [4.78, 5) is 0. The predicted octanol–water partition coefficient (Wildman–Crippen LogP) is 8.24. The second-order valence-corrected chi connectivity index (χ2v) is 8.15. The topological polar surface area (TPSA) is 47.6 Å². The standard InChI is InChI=1S/C32H19FN2/c33-32-27(20-34)16-26(17-28(32)21-35)31-29(23-12-6-2-7-13-23)18-25(22-10-4-1-5-11-22)19-30(31)24-14-8-3-9-15-24/h1-19H. The Labute approximate surface area is 203 Å². The molecule has 35 heavy (non-hydrogen) atoms. The first-order valence-electron chi connectivity index (χ1n) is 11.2. The van der Waals surface area contributed by atoms with Crippen molar-refractivity contribution in [2.45, 2.75) is 0 Å². The molecule has 0 spiro atoms. The maximum Gasteiger partial charge on any atom is 0.158 e. The lowest BCUT2D eigenvalue weighted by Crippen LogP contribution is -1.96. The van der Waals surface area contributed by atoms with E-state index in [9.17, 15) is 14.9 Å². The lowest BCUT2D eigenvalue weighted by Gasteiger charge is -2.19. The third kappa shape index (κ3) is 4.20. The van der Waals surface area contributed by atoms with Gasteiger partial charge in [-0.2, -0.15) is 10.5 Å². The van der Waals surface area contributed by atoms with Crippen LogP contribution >= 0.6 is 0 Å². The summed E-state index contributed by atoms with van der Waals surface area (Å²) in [6.45, 7) is 0. The first-order valence-corrected chi connectivity index (χ1v) is 11.2. The summed E-state index contributed by atoms with van der Waals surface area (Å²) in [5.74, 6) is -0.790. The minimum absolute atomic E-state index is 0.149. The molecule has 0 aliphatic rings. The highest BCUT2D eigenvalue weighted by Crippen LogP contribution is 2.44. The molecule has 0 unspecified atom stereocenters. The van der Waals surface area contributed by atoms with Crippen molar-refractivity contribution in [2.24, 2.45) is 0 Å². The Bertz CT molecular complexity index is 1500. The molecule has 0 bridgehead atoms. The molecule has 0 saturated heterocycles. The van der Waals surface area contributed by atoms with Gasteiger partial charge in [-0.25, -0.2) is 4.39 Å². The van der Waals surface area contributed by atoms with Crippen molar-refractivity contribution in [3.05, 3.63) is 132 Å². The van der Waals surface area contributed by atoms with E-state index in [0.717, 1.165) is 38.9 Å². The van der Waals surface area contributed by atoms with Crippen LogP contribution in [0.25, 0.3) is 44.5 Å². The van der Waals surface area contributed by atoms with Crippen molar-refractivity contribution >= 4 is 0 Å². The van der Waals surface area contributed by atoms with Gasteiger partial charge in [-0.05, 0) is 68.8 Å².